The predicted molar refractivity (Wildman–Crippen MR) is 64.1 cm³/mol. The minimum absolute atomic E-state index is 0.0473. The first-order chi connectivity index (χ1) is 8.19. The molecule has 6 heteroatoms. The van der Waals surface area contributed by atoms with Gasteiger partial charge in [0, 0.05) is 18.8 Å². The molecule has 1 atom stereocenters. The summed E-state index contributed by atoms with van der Waals surface area (Å²) in [6.45, 7) is 0.619. The van der Waals surface area contributed by atoms with Gasteiger partial charge in [-0.3, -0.25) is 4.79 Å². The zero-order chi connectivity index (χ0) is 12.3. The number of anilines is 2. The standard InChI is InChI=1S/C11H15N3O3/c12-4-8(15)5-13-7-1-2-10-9(3-7)14-11(16)6-17-10/h1-3,8,13,15H,4-6,12H2,(H,14,16). The highest BCUT2D eigenvalue weighted by molar-refractivity contribution is 5.95. The van der Waals surface area contributed by atoms with Gasteiger partial charge in [0.25, 0.3) is 5.91 Å². The number of carbonyl (C=O) groups is 1. The van der Waals surface area contributed by atoms with Gasteiger partial charge in [0.2, 0.25) is 0 Å². The summed E-state index contributed by atoms with van der Waals surface area (Å²) in [6.07, 6.45) is -0.586. The Bertz CT molecular complexity index is 422. The number of benzene rings is 1. The average Bonchev–Trinajstić information content (AvgIpc) is 2.35. The molecule has 0 aliphatic carbocycles. The molecule has 0 radical (unpaired) electrons. The second-order valence-corrected chi connectivity index (χ2v) is 3.82. The van der Waals surface area contributed by atoms with Crippen LogP contribution in [0.25, 0.3) is 0 Å². The van der Waals surface area contributed by atoms with Crippen LogP contribution in [0.3, 0.4) is 0 Å². The lowest BCUT2D eigenvalue weighted by Crippen LogP contribution is -2.28. The third-order valence-corrected chi connectivity index (χ3v) is 2.43. The Kier molecular flexibility index (Phi) is 3.46. The van der Waals surface area contributed by atoms with E-state index in [-0.39, 0.29) is 19.1 Å². The molecule has 92 valence electrons. The Hall–Kier alpha value is -1.79. The predicted octanol–water partition coefficient (Wildman–Crippen LogP) is -0.251. The monoisotopic (exact) mass is 237 g/mol. The van der Waals surface area contributed by atoms with E-state index in [9.17, 15) is 9.90 Å². The molecule has 5 N–H and O–H groups in total. The van der Waals surface area contributed by atoms with Crippen molar-refractivity contribution >= 4 is 17.3 Å². The summed E-state index contributed by atoms with van der Waals surface area (Å²) in [4.78, 5) is 11.1. The first-order valence-corrected chi connectivity index (χ1v) is 5.38. The molecule has 0 aromatic heterocycles. The van der Waals surface area contributed by atoms with Crippen LogP contribution in [0.5, 0.6) is 5.75 Å². The lowest BCUT2D eigenvalue weighted by Gasteiger charge is -2.19. The second-order valence-electron chi connectivity index (χ2n) is 3.82. The van der Waals surface area contributed by atoms with Crippen LogP contribution in [-0.2, 0) is 4.79 Å². The highest BCUT2D eigenvalue weighted by atomic mass is 16.5. The van der Waals surface area contributed by atoms with Gasteiger partial charge in [-0.2, -0.15) is 0 Å². The number of hydrogen-bond acceptors (Lipinski definition) is 5. The van der Waals surface area contributed by atoms with Gasteiger partial charge in [0.15, 0.2) is 6.61 Å². The van der Waals surface area contributed by atoms with Crippen molar-refractivity contribution in [1.29, 1.82) is 0 Å². The summed E-state index contributed by atoms with van der Waals surface area (Å²) in [6, 6.07) is 5.35. The molecular weight excluding hydrogens is 222 g/mol. The fourth-order valence-electron chi connectivity index (χ4n) is 1.51. The van der Waals surface area contributed by atoms with Crippen molar-refractivity contribution in [2.45, 2.75) is 6.10 Å². The summed E-state index contributed by atoms with van der Waals surface area (Å²) in [5.41, 5.74) is 6.72. The van der Waals surface area contributed by atoms with E-state index in [4.69, 9.17) is 10.5 Å². The van der Waals surface area contributed by atoms with E-state index in [2.05, 4.69) is 10.6 Å². The minimum Gasteiger partial charge on any atom is -0.482 e. The zero-order valence-electron chi connectivity index (χ0n) is 9.27. The third kappa shape index (κ3) is 2.86. The van der Waals surface area contributed by atoms with E-state index in [0.717, 1.165) is 5.69 Å². The van der Waals surface area contributed by atoms with E-state index >= 15 is 0 Å². The van der Waals surface area contributed by atoms with Gasteiger partial charge >= 0.3 is 0 Å². The molecular formula is C11H15N3O3. The van der Waals surface area contributed by atoms with E-state index in [0.29, 0.717) is 18.0 Å². The maximum Gasteiger partial charge on any atom is 0.262 e. The fraction of sp³-hybridized carbons (Fsp3) is 0.364. The van der Waals surface area contributed by atoms with Gasteiger partial charge in [-0.1, -0.05) is 0 Å². The number of hydrogen-bond donors (Lipinski definition) is 4. The van der Waals surface area contributed by atoms with Crippen LogP contribution in [0.2, 0.25) is 0 Å². The van der Waals surface area contributed by atoms with Crippen molar-refractivity contribution in [2.75, 3.05) is 30.3 Å². The SMILES string of the molecule is NCC(O)CNc1ccc2c(c1)NC(=O)CO2. The molecule has 0 saturated heterocycles. The number of amides is 1. The molecule has 0 spiro atoms. The summed E-state index contributed by atoms with van der Waals surface area (Å²) < 4.78 is 5.23. The number of rotatable bonds is 4. The number of fused-ring (bicyclic) bond motifs is 1. The van der Waals surface area contributed by atoms with Gasteiger partial charge in [-0.25, -0.2) is 0 Å². The number of aliphatic hydroxyl groups is 1. The summed E-state index contributed by atoms with van der Waals surface area (Å²) >= 11 is 0. The van der Waals surface area contributed by atoms with E-state index < -0.39 is 6.10 Å². The first kappa shape index (κ1) is 11.7. The van der Waals surface area contributed by atoms with Crippen molar-refractivity contribution in [3.63, 3.8) is 0 Å². The van der Waals surface area contributed by atoms with Gasteiger partial charge in [-0.15, -0.1) is 0 Å². The van der Waals surface area contributed by atoms with Crippen LogP contribution in [0.15, 0.2) is 18.2 Å². The van der Waals surface area contributed by atoms with E-state index in [1.165, 1.54) is 0 Å². The van der Waals surface area contributed by atoms with Gasteiger partial charge in [0.1, 0.15) is 5.75 Å². The Morgan fingerprint density at radius 2 is 2.41 bits per heavy atom. The molecule has 0 bridgehead atoms. The van der Waals surface area contributed by atoms with Gasteiger partial charge < -0.3 is 26.2 Å². The lowest BCUT2D eigenvalue weighted by molar-refractivity contribution is -0.118. The van der Waals surface area contributed by atoms with Crippen molar-refractivity contribution < 1.29 is 14.6 Å². The molecule has 1 aromatic carbocycles. The number of aliphatic hydroxyl groups excluding tert-OH is 1. The number of nitrogens with two attached hydrogens (primary N) is 1. The largest absolute Gasteiger partial charge is 0.482 e. The summed E-state index contributed by atoms with van der Waals surface area (Å²) in [5.74, 6) is 0.478. The van der Waals surface area contributed by atoms with Crippen LogP contribution in [-0.4, -0.2) is 36.8 Å². The second kappa shape index (κ2) is 5.03. The van der Waals surface area contributed by atoms with E-state index in [1.54, 1.807) is 12.1 Å². The number of nitrogens with one attached hydrogen (secondary N) is 2. The van der Waals surface area contributed by atoms with Crippen molar-refractivity contribution in [3.05, 3.63) is 18.2 Å². The highest BCUT2D eigenvalue weighted by Gasteiger charge is 2.15. The topological polar surface area (TPSA) is 96.6 Å². The van der Waals surface area contributed by atoms with Crippen LogP contribution in [0, 0.1) is 0 Å². The van der Waals surface area contributed by atoms with Crippen LogP contribution >= 0.6 is 0 Å². The molecule has 6 nitrogen and oxygen atoms in total. The van der Waals surface area contributed by atoms with Crippen LogP contribution < -0.4 is 21.1 Å². The lowest BCUT2D eigenvalue weighted by atomic mass is 10.2. The fourth-order valence-corrected chi connectivity index (χ4v) is 1.51. The maximum atomic E-state index is 11.1. The molecule has 1 amide bonds. The molecule has 1 heterocycles. The quantitative estimate of drug-likeness (QED) is 0.579. The number of carbonyl (C=O) groups excluding carboxylic acids is 1. The molecule has 1 aliphatic heterocycles. The van der Waals surface area contributed by atoms with Crippen LogP contribution in [0.4, 0.5) is 11.4 Å². The normalized spacial score (nSPS) is 15.5. The molecule has 2 rings (SSSR count). The smallest absolute Gasteiger partial charge is 0.262 e. The zero-order valence-corrected chi connectivity index (χ0v) is 9.27. The van der Waals surface area contributed by atoms with Crippen molar-refractivity contribution in [1.82, 2.24) is 0 Å². The molecule has 1 unspecified atom stereocenters. The minimum atomic E-state index is -0.586. The molecule has 1 aromatic rings. The molecule has 17 heavy (non-hydrogen) atoms. The van der Waals surface area contributed by atoms with Crippen LogP contribution in [0.1, 0.15) is 0 Å². The average molecular weight is 237 g/mol. The van der Waals surface area contributed by atoms with Gasteiger partial charge in [0.05, 0.1) is 11.8 Å². The summed E-state index contributed by atoms with van der Waals surface area (Å²) in [5, 5.41) is 15.1. The van der Waals surface area contributed by atoms with Crippen molar-refractivity contribution in [2.24, 2.45) is 5.73 Å². The Morgan fingerprint density at radius 1 is 1.59 bits per heavy atom. The molecule has 0 fully saturated rings. The maximum absolute atomic E-state index is 11.1. The Morgan fingerprint density at radius 3 is 3.18 bits per heavy atom. The third-order valence-electron chi connectivity index (χ3n) is 2.43. The molecule has 1 aliphatic rings. The van der Waals surface area contributed by atoms with Gasteiger partial charge in [-0.05, 0) is 18.2 Å². The van der Waals surface area contributed by atoms with E-state index in [1.807, 2.05) is 6.07 Å². The molecule has 0 saturated carbocycles. The Balaban J connectivity index is 2.05. The summed E-state index contributed by atoms with van der Waals surface area (Å²) in [7, 11) is 0. The number of ether oxygens (including phenoxy) is 1. The highest BCUT2D eigenvalue weighted by Crippen LogP contribution is 2.30. The Labute approximate surface area is 98.8 Å². The van der Waals surface area contributed by atoms with Crippen molar-refractivity contribution in [3.8, 4) is 5.75 Å². The first-order valence-electron chi connectivity index (χ1n) is 5.38.